The summed E-state index contributed by atoms with van der Waals surface area (Å²) < 4.78 is 57.6. The predicted octanol–water partition coefficient (Wildman–Crippen LogP) is 1.73. The summed E-state index contributed by atoms with van der Waals surface area (Å²) in [7, 11) is -10.4. The Kier molecular flexibility index (Phi) is 11.1. The van der Waals surface area contributed by atoms with Crippen molar-refractivity contribution in [3.63, 3.8) is 0 Å². The van der Waals surface area contributed by atoms with E-state index in [2.05, 4.69) is 69.2 Å². The molecule has 1 heterocycles. The minimum Gasteiger partial charge on any atom is -0.507 e. The van der Waals surface area contributed by atoms with Crippen molar-refractivity contribution in [2.45, 2.75) is 62.7 Å². The molecule has 0 amide bonds. The van der Waals surface area contributed by atoms with Crippen molar-refractivity contribution in [2.75, 3.05) is 5.32 Å². The van der Waals surface area contributed by atoms with Gasteiger partial charge in [0, 0.05) is 16.8 Å². The number of hydrogen-bond donors (Lipinski definition) is 4. The van der Waals surface area contributed by atoms with Crippen molar-refractivity contribution in [3.8, 4) is 5.75 Å². The van der Waals surface area contributed by atoms with E-state index in [0.29, 0.717) is 11.1 Å². The average Bonchev–Trinajstić information content (AvgIpc) is 2.84. The van der Waals surface area contributed by atoms with Crippen molar-refractivity contribution < 1.29 is 81.4 Å². The molecule has 0 bridgehead atoms. The molecule has 2 aromatic rings. The molecule has 40 heavy (non-hydrogen) atoms. The second-order valence-corrected chi connectivity index (χ2v) is 12.2. The largest absolute Gasteiger partial charge is 0.507 e. The van der Waals surface area contributed by atoms with Gasteiger partial charge in [-0.2, -0.15) is 31.8 Å². The van der Waals surface area contributed by atoms with Crippen LogP contribution in [0.2, 0.25) is 0 Å². The minimum absolute atomic E-state index is 0.00647. The third kappa shape index (κ3) is 9.14. The molecular weight excluding hydrogens is 596 g/mol. The van der Waals surface area contributed by atoms with Gasteiger partial charge in [-0.05, 0) is 63.3 Å². The van der Waals surface area contributed by atoms with Gasteiger partial charge < -0.3 is 10.4 Å². The maximum atomic E-state index is 12.4. The molecule has 0 aliphatic carbocycles. The number of aromatic hydroxyl groups is 1. The van der Waals surface area contributed by atoms with E-state index in [-0.39, 0.29) is 11.4 Å². The summed E-state index contributed by atoms with van der Waals surface area (Å²) in [6.45, 7) is 11.0. The van der Waals surface area contributed by atoms with Crippen LogP contribution in [0.1, 0.15) is 52.7 Å². The Morgan fingerprint density at radius 2 is 1.07 bits per heavy atom. The van der Waals surface area contributed by atoms with Crippen LogP contribution < -0.4 is 5.32 Å². The van der Waals surface area contributed by atoms with E-state index in [1.165, 1.54) is 12.1 Å². The number of rotatable bonds is 14. The molecule has 0 unspecified atom stereocenters. The van der Waals surface area contributed by atoms with Crippen LogP contribution in [0, 0.1) is 0 Å². The molecule has 2 rings (SSSR count). The van der Waals surface area contributed by atoms with E-state index >= 15 is 0 Å². The fraction of sp³-hybridized carbons (Fsp3) is 0.471. The lowest BCUT2D eigenvalue weighted by molar-refractivity contribution is -0.741. The first kappa shape index (κ1) is 33.5. The molecule has 0 spiro atoms. The Balaban J connectivity index is 2.63. The molecule has 4 N–H and O–H groups in total. The van der Waals surface area contributed by atoms with Crippen molar-refractivity contribution in [2.24, 2.45) is 0 Å². The standard InChI is InChI=1S/C17H24N4O17S2/c1-16(2,3)10-7-9(8-11(12(10)22)17(4,5)6)18-13-19-14(39(25,26)37-35-33-31-29-23)21-15(20-13)40(27,28)38-36-34-32-30-24/h7-8,22-24H,1-6H3,(H,18,19,20,21). The van der Waals surface area contributed by atoms with Crippen LogP contribution in [0.5, 0.6) is 5.75 Å². The van der Waals surface area contributed by atoms with Gasteiger partial charge in [-0.3, -0.25) is 0 Å². The zero-order valence-corrected chi connectivity index (χ0v) is 23.0. The quantitative estimate of drug-likeness (QED) is 0.101. The Hall–Kier alpha value is -2.75. The van der Waals surface area contributed by atoms with Crippen LogP contribution >= 0.6 is 0 Å². The molecule has 226 valence electrons. The first-order valence-corrected chi connectivity index (χ1v) is 13.1. The summed E-state index contributed by atoms with van der Waals surface area (Å²) in [6, 6.07) is 2.99. The van der Waals surface area contributed by atoms with E-state index in [9.17, 15) is 21.9 Å². The summed E-state index contributed by atoms with van der Waals surface area (Å²) in [6.07, 6.45) is 0. The highest BCUT2D eigenvalue weighted by Crippen LogP contribution is 2.41. The summed E-state index contributed by atoms with van der Waals surface area (Å²) >= 11 is 0. The highest BCUT2D eigenvalue weighted by molar-refractivity contribution is 7.87. The Bertz CT molecular complexity index is 1280. The number of anilines is 2. The number of aromatic nitrogens is 3. The van der Waals surface area contributed by atoms with Gasteiger partial charge in [0.25, 0.3) is 10.3 Å². The van der Waals surface area contributed by atoms with Crippen LogP contribution in [0.15, 0.2) is 22.4 Å². The summed E-state index contributed by atoms with van der Waals surface area (Å²) in [5.41, 5.74) is -0.0372. The first-order chi connectivity index (χ1) is 18.4. The summed E-state index contributed by atoms with van der Waals surface area (Å²) in [4.78, 5) is 10.4. The fourth-order valence-electron chi connectivity index (χ4n) is 2.80. The van der Waals surface area contributed by atoms with Crippen molar-refractivity contribution in [1.29, 1.82) is 0 Å². The van der Waals surface area contributed by atoms with Gasteiger partial charge in [0.15, 0.2) is 0 Å². The lowest BCUT2D eigenvalue weighted by atomic mass is 9.79. The lowest BCUT2D eigenvalue weighted by Gasteiger charge is -2.28. The summed E-state index contributed by atoms with van der Waals surface area (Å²) in [5.74, 6) is -0.705. The Morgan fingerprint density at radius 1 is 0.675 bits per heavy atom. The molecule has 0 radical (unpaired) electrons. The van der Waals surface area contributed by atoms with Gasteiger partial charge in [0.05, 0.1) is 0 Å². The molecule has 21 nitrogen and oxygen atoms in total. The van der Waals surface area contributed by atoms with Crippen LogP contribution in [0.25, 0.3) is 0 Å². The highest BCUT2D eigenvalue weighted by atomic mass is 32.2. The average molecular weight is 621 g/mol. The Morgan fingerprint density at radius 3 is 1.43 bits per heavy atom. The Labute approximate surface area is 225 Å². The van der Waals surface area contributed by atoms with Gasteiger partial charge in [-0.15, -0.1) is 0 Å². The van der Waals surface area contributed by atoms with Gasteiger partial charge in [0.1, 0.15) is 5.75 Å². The number of hydrogen-bond acceptors (Lipinski definition) is 21. The topological polar surface area (TPSA) is 272 Å². The number of benzene rings is 1. The lowest BCUT2D eigenvalue weighted by Crippen LogP contribution is -2.20. The number of nitrogens with zero attached hydrogens (tertiary/aromatic N) is 3. The van der Waals surface area contributed by atoms with E-state index in [1.807, 2.05) is 41.5 Å². The highest BCUT2D eigenvalue weighted by Gasteiger charge is 2.31. The van der Waals surface area contributed by atoms with Crippen molar-refractivity contribution in [3.05, 3.63) is 23.3 Å². The molecule has 0 fully saturated rings. The molecule has 23 heteroatoms. The molecule has 1 aromatic carbocycles. The normalized spacial score (nSPS) is 13.0. The third-order valence-corrected chi connectivity index (χ3v) is 6.16. The van der Waals surface area contributed by atoms with Gasteiger partial charge >= 0.3 is 20.2 Å². The summed E-state index contributed by atoms with van der Waals surface area (Å²) in [5, 5.41) is 53.8. The molecule has 0 saturated carbocycles. The maximum Gasteiger partial charge on any atom is 0.361 e. The zero-order valence-electron chi connectivity index (χ0n) is 21.4. The van der Waals surface area contributed by atoms with Crippen LogP contribution in [-0.2, 0) is 80.0 Å². The first-order valence-electron chi connectivity index (χ1n) is 10.3. The molecule has 0 aliphatic heterocycles. The number of phenolic OH excluding ortho intramolecular Hbond substituents is 1. The van der Waals surface area contributed by atoms with Crippen molar-refractivity contribution in [1.82, 2.24) is 15.0 Å². The van der Waals surface area contributed by atoms with E-state index in [1.54, 1.807) is 0 Å². The molecule has 0 saturated heterocycles. The molecule has 0 atom stereocenters. The molecule has 0 aliphatic rings. The molecular formula is C17H24N4O17S2. The van der Waals surface area contributed by atoms with Gasteiger partial charge in [-0.25, -0.2) is 10.5 Å². The SMILES string of the molecule is CC(C)(C)c1cc(Nc2nc(S(=O)(=O)OOOOOO)nc(S(=O)(=O)OOOOOO)n2)cc(C(C)(C)C)c1O. The van der Waals surface area contributed by atoms with Crippen LogP contribution in [0.3, 0.4) is 0 Å². The second-order valence-electron chi connectivity index (χ2n) is 9.37. The number of nitrogens with one attached hydrogen (secondary N) is 1. The van der Waals surface area contributed by atoms with E-state index < -0.39 is 47.3 Å². The maximum absolute atomic E-state index is 12.4. The van der Waals surface area contributed by atoms with Crippen LogP contribution in [-0.4, -0.2) is 47.4 Å². The fourth-order valence-corrected chi connectivity index (χ4v) is 3.97. The number of phenols is 1. The van der Waals surface area contributed by atoms with Crippen molar-refractivity contribution >= 4 is 31.9 Å². The van der Waals surface area contributed by atoms with Crippen LogP contribution in [0.4, 0.5) is 11.6 Å². The third-order valence-electron chi connectivity index (χ3n) is 4.43. The predicted molar refractivity (Wildman–Crippen MR) is 119 cm³/mol. The van der Waals surface area contributed by atoms with E-state index in [0.717, 1.165) is 0 Å². The second kappa shape index (κ2) is 13.3. The van der Waals surface area contributed by atoms with Gasteiger partial charge in [-0.1, -0.05) is 50.2 Å². The molecule has 1 aromatic heterocycles. The van der Waals surface area contributed by atoms with Gasteiger partial charge in [0.2, 0.25) is 5.95 Å². The van der Waals surface area contributed by atoms with E-state index in [4.69, 9.17) is 10.5 Å². The smallest absolute Gasteiger partial charge is 0.361 e. The minimum atomic E-state index is -5.21. The zero-order chi connectivity index (χ0) is 30.4. The monoisotopic (exact) mass is 620 g/mol.